The molecule has 4 atom stereocenters. The van der Waals surface area contributed by atoms with Crippen molar-refractivity contribution < 1.29 is 45.9 Å². The molecule has 0 spiro atoms. The van der Waals surface area contributed by atoms with Gasteiger partial charge < -0.3 is 24.8 Å². The Morgan fingerprint density at radius 3 is 2.22 bits per heavy atom. The molecule has 3 N–H and O–H groups in total. The number of halogens is 3. The molecule has 0 amide bonds. The minimum absolute atomic E-state index is 0.0521. The highest BCUT2D eigenvalue weighted by Crippen LogP contribution is 2.50. The topological polar surface area (TPSA) is 187 Å². The third-order valence-electron chi connectivity index (χ3n) is 10.3. The third kappa shape index (κ3) is 14.9. The molecule has 0 bridgehead atoms. The Morgan fingerprint density at radius 1 is 0.983 bits per heavy atom. The normalized spacial score (nSPS) is 18.6. The van der Waals surface area contributed by atoms with E-state index in [1.54, 1.807) is 18.2 Å². The van der Waals surface area contributed by atoms with Gasteiger partial charge in [0.1, 0.15) is 24.0 Å². The molecule has 1 aromatic carbocycles. The summed E-state index contributed by atoms with van der Waals surface area (Å²) < 4.78 is 84.0. The number of phosphoric ester groups is 1. The van der Waals surface area contributed by atoms with Gasteiger partial charge in [-0.2, -0.15) is 28.8 Å². The predicted molar refractivity (Wildman–Crippen MR) is 211 cm³/mol. The molecular formula is C41H58F3N6O7P. The maximum absolute atomic E-state index is 13.8. The summed E-state index contributed by atoms with van der Waals surface area (Å²) in [4.78, 5) is 14.6. The molecule has 320 valence electrons. The highest BCUT2D eigenvalue weighted by atomic mass is 31.2. The van der Waals surface area contributed by atoms with Gasteiger partial charge in [-0.3, -0.25) is 9.05 Å². The van der Waals surface area contributed by atoms with Gasteiger partial charge in [-0.05, 0) is 36.2 Å². The number of hydrogen-bond donors (Lipinski definition) is 2. The van der Waals surface area contributed by atoms with Crippen LogP contribution in [0.25, 0.3) is 5.52 Å². The molecule has 1 saturated heterocycles. The fourth-order valence-electron chi connectivity index (χ4n) is 7.04. The van der Waals surface area contributed by atoms with Gasteiger partial charge >= 0.3 is 14.0 Å². The van der Waals surface area contributed by atoms with E-state index in [9.17, 15) is 27.9 Å². The van der Waals surface area contributed by atoms with Crippen LogP contribution in [0.2, 0.25) is 0 Å². The Balaban J connectivity index is 1.23. The molecule has 0 radical (unpaired) electrons. The summed E-state index contributed by atoms with van der Waals surface area (Å²) in [6.45, 7) is 1.35. The van der Waals surface area contributed by atoms with E-state index in [0.29, 0.717) is 17.8 Å². The second kappa shape index (κ2) is 23.9. The number of nitrogens with zero attached hydrogens (tertiary/aromatic N) is 5. The predicted octanol–water partition coefficient (Wildman–Crippen LogP) is 10.1. The van der Waals surface area contributed by atoms with Crippen LogP contribution in [0.5, 0.6) is 0 Å². The van der Waals surface area contributed by atoms with E-state index in [1.165, 1.54) is 94.0 Å². The van der Waals surface area contributed by atoms with Crippen LogP contribution in [-0.2, 0) is 46.2 Å². The molecule has 4 rings (SSSR count). The highest BCUT2D eigenvalue weighted by molar-refractivity contribution is 7.47. The maximum atomic E-state index is 13.8. The van der Waals surface area contributed by atoms with Crippen LogP contribution in [0.1, 0.15) is 145 Å². The number of ether oxygens (including phenoxy) is 3. The van der Waals surface area contributed by atoms with Gasteiger partial charge in [0.05, 0.1) is 42.7 Å². The number of anilines is 1. The number of phosphoric acid groups is 1. The number of nitriles is 2. The van der Waals surface area contributed by atoms with Crippen molar-refractivity contribution in [2.45, 2.75) is 153 Å². The summed E-state index contributed by atoms with van der Waals surface area (Å²) in [5.74, 6) is 0.188. The van der Waals surface area contributed by atoms with E-state index in [2.05, 4.69) is 23.1 Å². The van der Waals surface area contributed by atoms with Gasteiger partial charge in [0.25, 0.3) is 0 Å². The van der Waals surface area contributed by atoms with Crippen LogP contribution < -0.4 is 5.73 Å². The van der Waals surface area contributed by atoms with Crippen LogP contribution in [0, 0.1) is 22.7 Å². The van der Waals surface area contributed by atoms with Gasteiger partial charge in [0, 0.05) is 19.4 Å². The Bertz CT molecular complexity index is 1830. The number of alkyl halides is 3. The van der Waals surface area contributed by atoms with Crippen molar-refractivity contribution in [1.82, 2.24) is 14.6 Å². The highest BCUT2D eigenvalue weighted by Gasteiger charge is 2.47. The SMILES string of the molecule is CCCCCCCCCCCCCCCCCCOC[C@H](COP(=O)(O)O[C@@H]1CC[C@](C#N)(c2ccc3c(N)ncnn23)O1)OCc1ccc(C#N)cc1C(F)(F)F. The first-order chi connectivity index (χ1) is 27.9. The van der Waals surface area contributed by atoms with Crippen molar-refractivity contribution in [3.63, 3.8) is 0 Å². The molecule has 2 aromatic heterocycles. The Labute approximate surface area is 339 Å². The molecule has 0 saturated carbocycles. The number of unbranched alkanes of at least 4 members (excludes halogenated alkanes) is 15. The summed E-state index contributed by atoms with van der Waals surface area (Å²) in [7, 11) is -4.85. The van der Waals surface area contributed by atoms with Crippen LogP contribution in [-0.4, -0.2) is 51.7 Å². The van der Waals surface area contributed by atoms with E-state index in [0.717, 1.165) is 37.8 Å². The number of nitrogen functional groups attached to an aromatic ring is 1. The van der Waals surface area contributed by atoms with Gasteiger partial charge in [-0.15, -0.1) is 0 Å². The Hall–Kier alpha value is -3.60. The van der Waals surface area contributed by atoms with E-state index in [-0.39, 0.29) is 36.4 Å². The summed E-state index contributed by atoms with van der Waals surface area (Å²) >= 11 is 0. The molecule has 1 aliphatic rings. The monoisotopic (exact) mass is 834 g/mol. The fourth-order valence-corrected chi connectivity index (χ4v) is 7.90. The second-order valence-electron chi connectivity index (χ2n) is 14.8. The van der Waals surface area contributed by atoms with Crippen molar-refractivity contribution in [3.8, 4) is 12.1 Å². The Kier molecular flexibility index (Phi) is 19.4. The lowest BCUT2D eigenvalue weighted by atomic mass is 9.98. The molecule has 3 aromatic rings. The molecule has 13 nitrogen and oxygen atoms in total. The first-order valence-electron chi connectivity index (χ1n) is 20.5. The number of rotatable bonds is 28. The number of benzene rings is 1. The molecule has 1 fully saturated rings. The van der Waals surface area contributed by atoms with Crippen LogP contribution in [0.4, 0.5) is 19.0 Å². The molecule has 1 aliphatic heterocycles. The molecule has 17 heteroatoms. The average molecular weight is 835 g/mol. The zero-order valence-electron chi connectivity index (χ0n) is 33.5. The van der Waals surface area contributed by atoms with Crippen LogP contribution in [0.15, 0.2) is 36.7 Å². The van der Waals surface area contributed by atoms with Crippen molar-refractivity contribution in [1.29, 1.82) is 10.5 Å². The zero-order valence-corrected chi connectivity index (χ0v) is 34.4. The summed E-state index contributed by atoms with van der Waals surface area (Å²) in [6.07, 6.45) is 13.9. The van der Waals surface area contributed by atoms with Crippen molar-refractivity contribution >= 4 is 19.2 Å². The lowest BCUT2D eigenvalue weighted by Gasteiger charge is -2.24. The molecule has 3 heterocycles. The second-order valence-corrected chi connectivity index (χ2v) is 16.3. The van der Waals surface area contributed by atoms with E-state index < -0.39 is 50.8 Å². The van der Waals surface area contributed by atoms with Crippen LogP contribution >= 0.6 is 7.82 Å². The van der Waals surface area contributed by atoms with Crippen molar-refractivity contribution in [3.05, 3.63) is 59.0 Å². The molecule has 58 heavy (non-hydrogen) atoms. The number of fused-ring (bicyclic) bond motifs is 1. The maximum Gasteiger partial charge on any atom is 0.474 e. The van der Waals surface area contributed by atoms with Gasteiger partial charge in [-0.1, -0.05) is 109 Å². The first kappa shape index (κ1) is 47.1. The summed E-state index contributed by atoms with van der Waals surface area (Å²) in [5.41, 5.74) is 3.71. The number of hydrogen-bond acceptors (Lipinski definition) is 11. The van der Waals surface area contributed by atoms with Gasteiger partial charge in [0.15, 0.2) is 17.7 Å². The van der Waals surface area contributed by atoms with E-state index in [4.69, 9.17) is 34.3 Å². The number of nitrogens with two attached hydrogens (primary N) is 1. The molecule has 1 unspecified atom stereocenters. The van der Waals surface area contributed by atoms with Crippen molar-refractivity contribution in [2.24, 2.45) is 0 Å². The van der Waals surface area contributed by atoms with Crippen LogP contribution in [0.3, 0.4) is 0 Å². The average Bonchev–Trinajstić information content (AvgIpc) is 3.83. The molecular weight excluding hydrogens is 776 g/mol. The summed E-state index contributed by atoms with van der Waals surface area (Å²) in [6, 6.07) is 10.2. The quantitative estimate of drug-likeness (QED) is 0.0521. The van der Waals surface area contributed by atoms with E-state index in [1.807, 2.05) is 0 Å². The minimum atomic E-state index is -4.85. The van der Waals surface area contributed by atoms with E-state index >= 15 is 0 Å². The van der Waals surface area contributed by atoms with Gasteiger partial charge in [0.2, 0.25) is 0 Å². The van der Waals surface area contributed by atoms with Crippen molar-refractivity contribution in [2.75, 3.05) is 25.6 Å². The lowest BCUT2D eigenvalue weighted by molar-refractivity contribution is -0.139. The van der Waals surface area contributed by atoms with Gasteiger partial charge in [-0.25, -0.2) is 14.1 Å². The minimum Gasteiger partial charge on any atom is -0.382 e. The first-order valence-corrected chi connectivity index (χ1v) is 22.0. The third-order valence-corrected chi connectivity index (χ3v) is 11.3. The molecule has 0 aliphatic carbocycles. The standard InChI is InChI=1S/C41H58F3N6O7P/c1-2-3-4-5-6-7-8-9-10-11-12-13-14-15-16-17-24-53-28-34(54-27-33-19-18-32(26-45)25-35(33)41(42,43)44)29-55-58(51,52)57-38-22-23-40(30-46,56-38)37-21-20-36-39(47)48-31-49-50(36)37/h18-21,25,31,34,38H,2-17,22-24,27-29H2,1H3,(H,51,52)(H2,47,48,49)/t34-,38-,40+/m1/s1. The Morgan fingerprint density at radius 2 is 1.62 bits per heavy atom. The smallest absolute Gasteiger partial charge is 0.382 e. The lowest BCUT2D eigenvalue weighted by Crippen LogP contribution is -2.28. The largest absolute Gasteiger partial charge is 0.474 e. The summed E-state index contributed by atoms with van der Waals surface area (Å²) in [5, 5.41) is 23.4. The fraction of sp³-hybridized carbons (Fsp3) is 0.659. The zero-order chi connectivity index (χ0) is 41.9. The number of aromatic nitrogens is 3.